The maximum Gasteiger partial charge on any atom is 0.0873 e. The SMILES string of the molecule is CC=Nc1cccc2c1CN=NC2. The van der Waals surface area contributed by atoms with Gasteiger partial charge in [0.15, 0.2) is 0 Å². The standard InChI is InChI=1S/C10H11N3/c1-2-11-10-5-3-4-8-6-12-13-7-9(8)10/h2-5H,6-7H2,1H3. The van der Waals surface area contributed by atoms with Gasteiger partial charge in [-0.1, -0.05) is 12.1 Å². The van der Waals surface area contributed by atoms with Crippen LogP contribution in [0.4, 0.5) is 5.69 Å². The lowest BCUT2D eigenvalue weighted by Gasteiger charge is -2.11. The van der Waals surface area contributed by atoms with Crippen molar-refractivity contribution in [3.05, 3.63) is 29.3 Å². The zero-order valence-corrected chi connectivity index (χ0v) is 7.57. The molecule has 66 valence electrons. The van der Waals surface area contributed by atoms with Crippen LogP contribution in [0.2, 0.25) is 0 Å². The van der Waals surface area contributed by atoms with Crippen LogP contribution in [0.3, 0.4) is 0 Å². The summed E-state index contributed by atoms with van der Waals surface area (Å²) in [6.45, 7) is 3.29. The van der Waals surface area contributed by atoms with Gasteiger partial charge in [-0.05, 0) is 18.6 Å². The van der Waals surface area contributed by atoms with Gasteiger partial charge in [0.05, 0.1) is 18.8 Å². The monoisotopic (exact) mass is 173 g/mol. The summed E-state index contributed by atoms with van der Waals surface area (Å²) in [4.78, 5) is 4.29. The molecular formula is C10H11N3. The summed E-state index contributed by atoms with van der Waals surface area (Å²) in [6, 6.07) is 6.11. The molecule has 0 aliphatic carbocycles. The molecule has 13 heavy (non-hydrogen) atoms. The second-order valence-corrected chi connectivity index (χ2v) is 2.90. The maximum absolute atomic E-state index is 4.29. The van der Waals surface area contributed by atoms with Crippen LogP contribution in [0.15, 0.2) is 33.4 Å². The molecule has 0 fully saturated rings. The molecule has 0 aromatic heterocycles. The summed E-state index contributed by atoms with van der Waals surface area (Å²) in [5.74, 6) is 0. The number of azo groups is 1. The molecule has 0 bridgehead atoms. The van der Waals surface area contributed by atoms with Gasteiger partial charge in [0.25, 0.3) is 0 Å². The van der Waals surface area contributed by atoms with Gasteiger partial charge in [-0.3, -0.25) is 4.99 Å². The fraction of sp³-hybridized carbons (Fsp3) is 0.300. The highest BCUT2D eigenvalue weighted by atomic mass is 15.1. The number of fused-ring (bicyclic) bond motifs is 1. The molecule has 1 aromatic rings. The van der Waals surface area contributed by atoms with Crippen LogP contribution < -0.4 is 0 Å². The van der Waals surface area contributed by atoms with E-state index in [4.69, 9.17) is 0 Å². The second kappa shape index (κ2) is 3.47. The average molecular weight is 173 g/mol. The first-order chi connectivity index (χ1) is 6.42. The van der Waals surface area contributed by atoms with Crippen LogP contribution in [0.25, 0.3) is 0 Å². The second-order valence-electron chi connectivity index (χ2n) is 2.90. The highest BCUT2D eigenvalue weighted by Gasteiger charge is 2.09. The summed E-state index contributed by atoms with van der Waals surface area (Å²) < 4.78 is 0. The molecule has 0 atom stereocenters. The van der Waals surface area contributed by atoms with Gasteiger partial charge < -0.3 is 0 Å². The smallest absolute Gasteiger partial charge is 0.0873 e. The van der Waals surface area contributed by atoms with Crippen molar-refractivity contribution in [2.75, 3.05) is 0 Å². The van der Waals surface area contributed by atoms with Gasteiger partial charge in [0.2, 0.25) is 0 Å². The van der Waals surface area contributed by atoms with E-state index in [1.807, 2.05) is 19.1 Å². The van der Waals surface area contributed by atoms with Crippen molar-refractivity contribution >= 4 is 11.9 Å². The van der Waals surface area contributed by atoms with Gasteiger partial charge in [0.1, 0.15) is 0 Å². The lowest BCUT2D eigenvalue weighted by atomic mass is 10.0. The van der Waals surface area contributed by atoms with E-state index in [1.165, 1.54) is 11.1 Å². The Morgan fingerprint density at radius 3 is 3.00 bits per heavy atom. The van der Waals surface area contributed by atoms with Crippen LogP contribution >= 0.6 is 0 Å². The molecule has 0 amide bonds. The van der Waals surface area contributed by atoms with E-state index in [9.17, 15) is 0 Å². The predicted octanol–water partition coefficient (Wildman–Crippen LogP) is 2.87. The first kappa shape index (κ1) is 8.10. The fourth-order valence-electron chi connectivity index (χ4n) is 1.46. The van der Waals surface area contributed by atoms with Crippen LogP contribution in [0.1, 0.15) is 18.1 Å². The Kier molecular flexibility index (Phi) is 2.17. The summed E-state index contributed by atoms with van der Waals surface area (Å²) in [5, 5.41) is 8.01. The minimum absolute atomic E-state index is 0.669. The third-order valence-electron chi connectivity index (χ3n) is 2.09. The molecule has 3 nitrogen and oxygen atoms in total. The first-order valence-corrected chi connectivity index (χ1v) is 4.34. The largest absolute Gasteiger partial charge is 0.261 e. The molecule has 3 heteroatoms. The van der Waals surface area contributed by atoms with E-state index in [0.717, 1.165) is 5.69 Å². The number of aliphatic imine (C=N–C) groups is 1. The molecule has 1 aromatic carbocycles. The lowest BCUT2D eigenvalue weighted by Crippen LogP contribution is -1.96. The number of rotatable bonds is 1. The van der Waals surface area contributed by atoms with Crippen LogP contribution in [0, 0.1) is 0 Å². The predicted molar refractivity (Wildman–Crippen MR) is 52.5 cm³/mol. The van der Waals surface area contributed by atoms with Crippen LogP contribution in [-0.4, -0.2) is 6.21 Å². The Labute approximate surface area is 77.2 Å². The third-order valence-corrected chi connectivity index (χ3v) is 2.09. The number of hydrogen-bond acceptors (Lipinski definition) is 3. The van der Waals surface area contributed by atoms with Gasteiger partial charge in [-0.25, -0.2) is 0 Å². The summed E-state index contributed by atoms with van der Waals surface area (Å²) >= 11 is 0. The molecule has 1 heterocycles. The normalized spacial score (nSPS) is 14.8. The summed E-state index contributed by atoms with van der Waals surface area (Å²) in [6.07, 6.45) is 1.81. The lowest BCUT2D eigenvalue weighted by molar-refractivity contribution is 0.791. The van der Waals surface area contributed by atoms with E-state index < -0.39 is 0 Å². The number of hydrogen-bond donors (Lipinski definition) is 0. The van der Waals surface area contributed by atoms with Crippen molar-refractivity contribution < 1.29 is 0 Å². The van der Waals surface area contributed by atoms with Crippen LogP contribution in [0.5, 0.6) is 0 Å². The Balaban J connectivity index is 2.49. The number of benzene rings is 1. The van der Waals surface area contributed by atoms with E-state index in [1.54, 1.807) is 6.21 Å². The minimum atomic E-state index is 0.669. The van der Waals surface area contributed by atoms with Gasteiger partial charge in [-0.2, -0.15) is 10.2 Å². The van der Waals surface area contributed by atoms with Crippen molar-refractivity contribution in [1.29, 1.82) is 0 Å². The molecule has 0 saturated carbocycles. The van der Waals surface area contributed by atoms with E-state index in [0.29, 0.717) is 13.1 Å². The highest BCUT2D eigenvalue weighted by Crippen LogP contribution is 2.26. The third kappa shape index (κ3) is 1.49. The molecule has 0 saturated heterocycles. The van der Waals surface area contributed by atoms with Gasteiger partial charge >= 0.3 is 0 Å². The van der Waals surface area contributed by atoms with Crippen LogP contribution in [-0.2, 0) is 13.1 Å². The van der Waals surface area contributed by atoms with Gasteiger partial charge in [0, 0.05) is 11.8 Å². The van der Waals surface area contributed by atoms with Gasteiger partial charge in [-0.15, -0.1) is 0 Å². The van der Waals surface area contributed by atoms with E-state index >= 15 is 0 Å². The van der Waals surface area contributed by atoms with Crippen molar-refractivity contribution in [1.82, 2.24) is 0 Å². The summed E-state index contributed by atoms with van der Waals surface area (Å²) in [5.41, 5.74) is 3.49. The Morgan fingerprint density at radius 1 is 1.31 bits per heavy atom. The zero-order valence-electron chi connectivity index (χ0n) is 7.57. The van der Waals surface area contributed by atoms with Crippen molar-refractivity contribution in [2.24, 2.45) is 15.2 Å². The Bertz CT molecular complexity index is 366. The molecule has 0 radical (unpaired) electrons. The fourth-order valence-corrected chi connectivity index (χ4v) is 1.46. The van der Waals surface area contributed by atoms with Crippen molar-refractivity contribution in [2.45, 2.75) is 20.0 Å². The number of nitrogens with zero attached hydrogens (tertiary/aromatic N) is 3. The van der Waals surface area contributed by atoms with E-state index in [2.05, 4.69) is 21.3 Å². The average Bonchev–Trinajstić information content (AvgIpc) is 2.19. The molecule has 1 aliphatic heterocycles. The maximum atomic E-state index is 4.29. The molecule has 0 unspecified atom stereocenters. The van der Waals surface area contributed by atoms with Crippen molar-refractivity contribution in [3.8, 4) is 0 Å². The highest BCUT2D eigenvalue weighted by molar-refractivity contribution is 5.63. The summed E-state index contributed by atoms with van der Waals surface area (Å²) in [7, 11) is 0. The molecule has 1 aliphatic rings. The first-order valence-electron chi connectivity index (χ1n) is 4.34. The minimum Gasteiger partial charge on any atom is -0.261 e. The van der Waals surface area contributed by atoms with Crippen molar-refractivity contribution in [3.63, 3.8) is 0 Å². The Morgan fingerprint density at radius 2 is 2.15 bits per heavy atom. The topological polar surface area (TPSA) is 37.1 Å². The quantitative estimate of drug-likeness (QED) is 0.585. The molecule has 2 rings (SSSR count). The van der Waals surface area contributed by atoms with E-state index in [-0.39, 0.29) is 0 Å². The molecule has 0 N–H and O–H groups in total. The molecular weight excluding hydrogens is 162 g/mol. The zero-order chi connectivity index (χ0) is 9.10. The molecule has 0 spiro atoms. The Hall–Kier alpha value is -1.51.